The summed E-state index contributed by atoms with van der Waals surface area (Å²) in [6.07, 6.45) is 0. The van der Waals surface area contributed by atoms with Crippen LogP contribution in [0.2, 0.25) is 5.02 Å². The van der Waals surface area contributed by atoms with E-state index in [0.717, 1.165) is 22.4 Å². The molecular weight excluding hydrogens is 350 g/mol. The number of nitrogens with one attached hydrogen (secondary N) is 3. The van der Waals surface area contributed by atoms with Gasteiger partial charge in [-0.3, -0.25) is 4.79 Å². The Bertz CT molecular complexity index is 921. The average Bonchev–Trinajstić information content (AvgIpc) is 2.56. The van der Waals surface area contributed by atoms with Crippen LogP contribution in [0.25, 0.3) is 0 Å². The van der Waals surface area contributed by atoms with E-state index in [0.29, 0.717) is 16.3 Å². The van der Waals surface area contributed by atoms with Crippen LogP contribution in [-0.4, -0.2) is 11.9 Å². The minimum absolute atomic E-state index is 0.271. The lowest BCUT2D eigenvalue weighted by atomic mass is 9.94. The zero-order valence-electron chi connectivity index (χ0n) is 14.8. The minimum atomic E-state index is -0.576. The SMILES string of the molecule is CC1=C(C(=O)Nc2ccc(C)cc2C)[C@@H](c2cccc(Cl)c2)NC(=O)N1. The molecular formula is C20H20ClN3O2. The van der Waals surface area contributed by atoms with Crippen LogP contribution in [0, 0.1) is 13.8 Å². The third-order valence-corrected chi connectivity index (χ3v) is 4.56. The predicted molar refractivity (Wildman–Crippen MR) is 103 cm³/mol. The average molecular weight is 370 g/mol. The number of carbonyl (C=O) groups is 2. The van der Waals surface area contributed by atoms with Gasteiger partial charge in [0, 0.05) is 16.4 Å². The number of amides is 3. The highest BCUT2D eigenvalue weighted by atomic mass is 35.5. The molecule has 5 nitrogen and oxygen atoms in total. The zero-order valence-corrected chi connectivity index (χ0v) is 15.6. The molecule has 1 heterocycles. The van der Waals surface area contributed by atoms with Crippen LogP contribution in [-0.2, 0) is 4.79 Å². The maximum atomic E-state index is 13.0. The molecule has 2 aromatic carbocycles. The van der Waals surface area contributed by atoms with Gasteiger partial charge < -0.3 is 16.0 Å². The van der Waals surface area contributed by atoms with E-state index in [2.05, 4.69) is 16.0 Å². The summed E-state index contributed by atoms with van der Waals surface area (Å²) in [5.74, 6) is -0.271. The van der Waals surface area contributed by atoms with Crippen molar-refractivity contribution >= 4 is 29.2 Å². The van der Waals surface area contributed by atoms with Gasteiger partial charge in [-0.1, -0.05) is 41.4 Å². The van der Waals surface area contributed by atoms with Crippen molar-refractivity contribution in [2.75, 3.05) is 5.32 Å². The molecule has 0 saturated carbocycles. The predicted octanol–water partition coefficient (Wildman–Crippen LogP) is 4.22. The van der Waals surface area contributed by atoms with Crippen LogP contribution in [0.1, 0.15) is 29.7 Å². The van der Waals surface area contributed by atoms with Crippen molar-refractivity contribution in [1.29, 1.82) is 0 Å². The number of urea groups is 1. The summed E-state index contributed by atoms with van der Waals surface area (Å²) in [5, 5.41) is 8.96. The standard InChI is InChI=1S/C20H20ClN3O2/c1-11-7-8-16(12(2)9-11)23-19(25)17-13(3)22-20(26)24-18(17)14-5-4-6-15(21)10-14/h4-10,18H,1-3H3,(H,23,25)(H2,22,24,26)/t18-/m1/s1. The summed E-state index contributed by atoms with van der Waals surface area (Å²) < 4.78 is 0. The number of carbonyl (C=O) groups excluding carboxylic acids is 2. The highest BCUT2D eigenvalue weighted by Gasteiger charge is 2.31. The van der Waals surface area contributed by atoms with Crippen LogP contribution in [0.3, 0.4) is 0 Å². The first-order valence-electron chi connectivity index (χ1n) is 8.27. The third-order valence-electron chi connectivity index (χ3n) is 4.33. The third kappa shape index (κ3) is 3.73. The van der Waals surface area contributed by atoms with Crippen molar-refractivity contribution in [2.24, 2.45) is 0 Å². The van der Waals surface area contributed by atoms with Crippen LogP contribution in [0.15, 0.2) is 53.7 Å². The molecule has 134 valence electrons. The Labute approximate surface area is 157 Å². The Balaban J connectivity index is 1.97. The second-order valence-electron chi connectivity index (χ2n) is 6.40. The quantitative estimate of drug-likeness (QED) is 0.757. The first-order chi connectivity index (χ1) is 12.3. The van der Waals surface area contributed by atoms with E-state index in [4.69, 9.17) is 11.6 Å². The van der Waals surface area contributed by atoms with Gasteiger partial charge in [0.25, 0.3) is 5.91 Å². The molecule has 1 atom stereocenters. The number of aryl methyl sites for hydroxylation is 2. The molecule has 0 spiro atoms. The molecule has 0 fully saturated rings. The molecule has 1 aliphatic rings. The highest BCUT2D eigenvalue weighted by molar-refractivity contribution is 6.30. The zero-order chi connectivity index (χ0) is 18.8. The molecule has 0 unspecified atom stereocenters. The lowest BCUT2D eigenvalue weighted by Crippen LogP contribution is -2.46. The van der Waals surface area contributed by atoms with E-state index in [1.807, 2.05) is 38.1 Å². The van der Waals surface area contributed by atoms with Gasteiger partial charge in [0.15, 0.2) is 0 Å². The lowest BCUT2D eigenvalue weighted by Gasteiger charge is -2.29. The molecule has 3 rings (SSSR count). The summed E-state index contributed by atoms with van der Waals surface area (Å²) >= 11 is 6.08. The van der Waals surface area contributed by atoms with Crippen molar-refractivity contribution in [2.45, 2.75) is 26.8 Å². The van der Waals surface area contributed by atoms with Crippen molar-refractivity contribution in [3.05, 3.63) is 75.4 Å². The van der Waals surface area contributed by atoms with E-state index >= 15 is 0 Å². The van der Waals surface area contributed by atoms with Gasteiger partial charge in [-0.15, -0.1) is 0 Å². The largest absolute Gasteiger partial charge is 0.327 e. The van der Waals surface area contributed by atoms with Crippen molar-refractivity contribution in [3.63, 3.8) is 0 Å². The van der Waals surface area contributed by atoms with E-state index in [9.17, 15) is 9.59 Å². The topological polar surface area (TPSA) is 70.2 Å². The Morgan fingerprint density at radius 2 is 1.88 bits per heavy atom. The molecule has 0 saturated heterocycles. The smallest absolute Gasteiger partial charge is 0.319 e. The van der Waals surface area contributed by atoms with Gasteiger partial charge in [-0.2, -0.15) is 0 Å². The van der Waals surface area contributed by atoms with Crippen molar-refractivity contribution < 1.29 is 9.59 Å². The van der Waals surface area contributed by atoms with Crippen LogP contribution < -0.4 is 16.0 Å². The number of rotatable bonds is 3. The highest BCUT2D eigenvalue weighted by Crippen LogP contribution is 2.29. The summed E-state index contributed by atoms with van der Waals surface area (Å²) in [7, 11) is 0. The first-order valence-corrected chi connectivity index (χ1v) is 8.65. The second kappa shape index (κ2) is 7.22. The molecule has 6 heteroatoms. The fourth-order valence-electron chi connectivity index (χ4n) is 3.07. The summed E-state index contributed by atoms with van der Waals surface area (Å²) in [6.45, 7) is 5.66. The van der Waals surface area contributed by atoms with E-state index in [1.165, 1.54) is 0 Å². The summed E-state index contributed by atoms with van der Waals surface area (Å²) in [5.41, 5.74) is 4.55. The van der Waals surface area contributed by atoms with E-state index < -0.39 is 6.04 Å². The van der Waals surface area contributed by atoms with Gasteiger partial charge in [0.2, 0.25) is 0 Å². The Hall–Kier alpha value is -2.79. The molecule has 3 N–H and O–H groups in total. The van der Waals surface area contributed by atoms with Crippen LogP contribution >= 0.6 is 11.6 Å². The monoisotopic (exact) mass is 369 g/mol. The van der Waals surface area contributed by atoms with Gasteiger partial charge >= 0.3 is 6.03 Å². The fourth-order valence-corrected chi connectivity index (χ4v) is 3.27. The first kappa shape index (κ1) is 18.0. The van der Waals surface area contributed by atoms with Gasteiger partial charge in [0.05, 0.1) is 11.6 Å². The lowest BCUT2D eigenvalue weighted by molar-refractivity contribution is -0.113. The summed E-state index contributed by atoms with van der Waals surface area (Å²) in [6, 6.07) is 12.0. The minimum Gasteiger partial charge on any atom is -0.327 e. The van der Waals surface area contributed by atoms with Crippen LogP contribution in [0.4, 0.5) is 10.5 Å². The fraction of sp³-hybridized carbons (Fsp3) is 0.200. The number of anilines is 1. The van der Waals surface area contributed by atoms with Gasteiger partial charge in [-0.25, -0.2) is 4.79 Å². The maximum Gasteiger partial charge on any atom is 0.319 e. The molecule has 2 aromatic rings. The van der Waals surface area contributed by atoms with Gasteiger partial charge in [-0.05, 0) is 50.1 Å². The number of allylic oxidation sites excluding steroid dienone is 1. The second-order valence-corrected chi connectivity index (χ2v) is 6.83. The molecule has 0 aromatic heterocycles. The maximum absolute atomic E-state index is 13.0. The Kier molecular flexibility index (Phi) is 5.00. The van der Waals surface area contributed by atoms with Crippen LogP contribution in [0.5, 0.6) is 0 Å². The normalized spacial score (nSPS) is 16.8. The molecule has 0 radical (unpaired) electrons. The molecule has 0 bridgehead atoms. The molecule has 3 amide bonds. The number of hydrogen-bond acceptors (Lipinski definition) is 2. The molecule has 1 aliphatic heterocycles. The van der Waals surface area contributed by atoms with E-state index in [-0.39, 0.29) is 11.9 Å². The number of benzene rings is 2. The number of hydrogen-bond donors (Lipinski definition) is 3. The van der Waals surface area contributed by atoms with E-state index in [1.54, 1.807) is 25.1 Å². The summed E-state index contributed by atoms with van der Waals surface area (Å²) in [4.78, 5) is 24.9. The van der Waals surface area contributed by atoms with Crippen molar-refractivity contribution in [1.82, 2.24) is 10.6 Å². The Morgan fingerprint density at radius 3 is 2.58 bits per heavy atom. The molecule has 0 aliphatic carbocycles. The Morgan fingerprint density at radius 1 is 1.12 bits per heavy atom. The van der Waals surface area contributed by atoms with Gasteiger partial charge in [0.1, 0.15) is 0 Å². The van der Waals surface area contributed by atoms with Crippen molar-refractivity contribution in [3.8, 4) is 0 Å². The number of halogens is 1. The molecule has 26 heavy (non-hydrogen) atoms.